The molecule has 1 rings (SSSR count). The van der Waals surface area contributed by atoms with Crippen molar-refractivity contribution in [3.8, 4) is 11.5 Å². The summed E-state index contributed by atoms with van der Waals surface area (Å²) in [5.41, 5.74) is 2.55. The molecule has 0 aliphatic heterocycles. The molecule has 0 heterocycles. The van der Waals surface area contributed by atoms with Crippen LogP contribution in [0.2, 0.25) is 0 Å². The standard InChI is InChI=1S/C14H20ClNO2/c1-11(2)16-10-12-5-6-13(17-3)9-14(12)18-8-4-7-15/h4-7,9,11,16H,8,10H2,1-3H3. The molecule has 0 fully saturated rings. The van der Waals surface area contributed by atoms with Gasteiger partial charge in [-0.3, -0.25) is 0 Å². The predicted octanol–water partition coefficient (Wildman–Crippen LogP) is 3.32. The van der Waals surface area contributed by atoms with Gasteiger partial charge in [-0.2, -0.15) is 0 Å². The van der Waals surface area contributed by atoms with Crippen molar-refractivity contribution in [2.75, 3.05) is 13.7 Å². The first-order valence-corrected chi connectivity index (χ1v) is 6.39. The fourth-order valence-corrected chi connectivity index (χ4v) is 1.50. The van der Waals surface area contributed by atoms with Gasteiger partial charge in [0, 0.05) is 29.8 Å². The van der Waals surface area contributed by atoms with Gasteiger partial charge >= 0.3 is 0 Å². The molecule has 0 amide bonds. The Kier molecular flexibility index (Phi) is 6.61. The van der Waals surface area contributed by atoms with Crippen LogP contribution in [0.1, 0.15) is 19.4 Å². The smallest absolute Gasteiger partial charge is 0.127 e. The number of benzene rings is 1. The summed E-state index contributed by atoms with van der Waals surface area (Å²) < 4.78 is 10.9. The van der Waals surface area contributed by atoms with Crippen molar-refractivity contribution in [1.29, 1.82) is 0 Å². The number of nitrogens with one attached hydrogen (secondary N) is 1. The number of ether oxygens (including phenoxy) is 2. The molecule has 0 aliphatic carbocycles. The van der Waals surface area contributed by atoms with Crippen LogP contribution < -0.4 is 14.8 Å². The van der Waals surface area contributed by atoms with E-state index in [2.05, 4.69) is 19.2 Å². The molecule has 4 heteroatoms. The fraction of sp³-hybridized carbons (Fsp3) is 0.429. The van der Waals surface area contributed by atoms with Crippen LogP contribution in [0.4, 0.5) is 0 Å². The molecule has 0 aliphatic rings. The van der Waals surface area contributed by atoms with Crippen molar-refractivity contribution in [2.24, 2.45) is 0 Å². The third-order valence-electron chi connectivity index (χ3n) is 2.40. The molecule has 0 unspecified atom stereocenters. The van der Waals surface area contributed by atoms with Crippen LogP contribution in [0.25, 0.3) is 0 Å². The summed E-state index contributed by atoms with van der Waals surface area (Å²) in [6, 6.07) is 6.26. The first-order valence-electron chi connectivity index (χ1n) is 5.95. The zero-order chi connectivity index (χ0) is 13.4. The maximum absolute atomic E-state index is 5.66. The summed E-state index contributed by atoms with van der Waals surface area (Å²) in [5.74, 6) is 1.60. The molecule has 100 valence electrons. The second-order valence-electron chi connectivity index (χ2n) is 4.18. The molecule has 0 bridgehead atoms. The molecule has 1 aromatic rings. The number of hydrogen-bond acceptors (Lipinski definition) is 3. The highest BCUT2D eigenvalue weighted by Crippen LogP contribution is 2.25. The largest absolute Gasteiger partial charge is 0.497 e. The maximum atomic E-state index is 5.66. The van der Waals surface area contributed by atoms with E-state index >= 15 is 0 Å². The molecular weight excluding hydrogens is 250 g/mol. The van der Waals surface area contributed by atoms with Crippen LogP contribution in [-0.2, 0) is 6.54 Å². The Morgan fingerprint density at radius 3 is 2.78 bits per heavy atom. The lowest BCUT2D eigenvalue weighted by atomic mass is 10.2. The summed E-state index contributed by atoms with van der Waals surface area (Å²) in [6.07, 6.45) is 1.75. The average Bonchev–Trinajstić information content (AvgIpc) is 2.37. The summed E-state index contributed by atoms with van der Waals surface area (Å²) >= 11 is 5.47. The Balaban J connectivity index is 2.78. The van der Waals surface area contributed by atoms with Crippen LogP contribution >= 0.6 is 11.6 Å². The van der Waals surface area contributed by atoms with Gasteiger partial charge in [-0.15, -0.1) is 0 Å². The molecule has 0 radical (unpaired) electrons. The van der Waals surface area contributed by atoms with E-state index in [9.17, 15) is 0 Å². The minimum Gasteiger partial charge on any atom is -0.497 e. The van der Waals surface area contributed by atoms with Gasteiger partial charge < -0.3 is 14.8 Å². The Bertz CT molecular complexity index is 391. The lowest BCUT2D eigenvalue weighted by molar-refractivity contribution is 0.351. The van der Waals surface area contributed by atoms with Crippen LogP contribution in [0, 0.1) is 0 Å². The average molecular weight is 270 g/mol. The monoisotopic (exact) mass is 269 g/mol. The van der Waals surface area contributed by atoms with Gasteiger partial charge in [0.1, 0.15) is 18.1 Å². The fourth-order valence-electron chi connectivity index (χ4n) is 1.43. The van der Waals surface area contributed by atoms with Crippen molar-refractivity contribution in [2.45, 2.75) is 26.4 Å². The predicted molar refractivity (Wildman–Crippen MR) is 75.5 cm³/mol. The highest BCUT2D eigenvalue weighted by atomic mass is 35.5. The van der Waals surface area contributed by atoms with Crippen LogP contribution in [-0.4, -0.2) is 19.8 Å². The van der Waals surface area contributed by atoms with E-state index in [0.29, 0.717) is 12.6 Å². The molecule has 0 atom stereocenters. The van der Waals surface area contributed by atoms with E-state index in [1.807, 2.05) is 18.2 Å². The zero-order valence-corrected chi connectivity index (χ0v) is 11.8. The summed E-state index contributed by atoms with van der Waals surface area (Å²) in [5, 5.41) is 3.37. The SMILES string of the molecule is COc1ccc(CNC(C)C)c(OCC=CCl)c1. The lowest BCUT2D eigenvalue weighted by Gasteiger charge is -2.14. The van der Waals surface area contributed by atoms with E-state index in [4.69, 9.17) is 21.1 Å². The van der Waals surface area contributed by atoms with Crippen LogP contribution in [0.15, 0.2) is 29.8 Å². The maximum Gasteiger partial charge on any atom is 0.127 e. The van der Waals surface area contributed by atoms with Gasteiger partial charge in [0.2, 0.25) is 0 Å². The van der Waals surface area contributed by atoms with Crippen molar-refractivity contribution < 1.29 is 9.47 Å². The summed E-state index contributed by atoms with van der Waals surface area (Å²) in [4.78, 5) is 0. The van der Waals surface area contributed by atoms with Crippen molar-refractivity contribution >= 4 is 11.6 Å². The number of rotatable bonds is 7. The molecule has 18 heavy (non-hydrogen) atoms. The molecule has 0 aromatic heterocycles. The molecule has 3 nitrogen and oxygen atoms in total. The second-order valence-corrected chi connectivity index (χ2v) is 4.43. The van der Waals surface area contributed by atoms with E-state index in [1.54, 1.807) is 13.2 Å². The van der Waals surface area contributed by atoms with Gasteiger partial charge in [-0.05, 0) is 12.1 Å². The van der Waals surface area contributed by atoms with E-state index in [1.165, 1.54) is 5.54 Å². The zero-order valence-electron chi connectivity index (χ0n) is 11.1. The van der Waals surface area contributed by atoms with Crippen LogP contribution in [0.3, 0.4) is 0 Å². The normalized spacial score (nSPS) is 11.2. The number of halogens is 1. The Morgan fingerprint density at radius 2 is 2.17 bits per heavy atom. The first-order chi connectivity index (χ1) is 8.67. The molecule has 0 spiro atoms. The minimum atomic E-state index is 0.433. The molecule has 1 N–H and O–H groups in total. The Hall–Kier alpha value is -1.19. The lowest BCUT2D eigenvalue weighted by Crippen LogP contribution is -2.22. The third kappa shape index (κ3) is 4.98. The summed E-state index contributed by atoms with van der Waals surface area (Å²) in [7, 11) is 1.64. The van der Waals surface area contributed by atoms with Crippen LogP contribution in [0.5, 0.6) is 11.5 Å². The van der Waals surface area contributed by atoms with Gasteiger partial charge in [-0.1, -0.05) is 31.5 Å². The highest BCUT2D eigenvalue weighted by molar-refractivity contribution is 6.25. The van der Waals surface area contributed by atoms with Gasteiger partial charge in [-0.25, -0.2) is 0 Å². The van der Waals surface area contributed by atoms with Crippen molar-refractivity contribution in [3.05, 3.63) is 35.4 Å². The third-order valence-corrected chi connectivity index (χ3v) is 2.58. The van der Waals surface area contributed by atoms with E-state index in [-0.39, 0.29) is 0 Å². The highest BCUT2D eigenvalue weighted by Gasteiger charge is 2.06. The van der Waals surface area contributed by atoms with Crippen molar-refractivity contribution in [1.82, 2.24) is 5.32 Å². The second kappa shape index (κ2) is 8.01. The number of methoxy groups -OCH3 is 1. The minimum absolute atomic E-state index is 0.433. The van der Waals surface area contributed by atoms with E-state index in [0.717, 1.165) is 23.6 Å². The molecule has 0 saturated heterocycles. The Labute approximate surface area is 114 Å². The van der Waals surface area contributed by atoms with Gasteiger partial charge in [0.25, 0.3) is 0 Å². The summed E-state index contributed by atoms with van der Waals surface area (Å²) in [6.45, 7) is 5.44. The molecule has 0 saturated carbocycles. The number of hydrogen-bond donors (Lipinski definition) is 1. The molecular formula is C14H20ClNO2. The topological polar surface area (TPSA) is 30.5 Å². The van der Waals surface area contributed by atoms with Gasteiger partial charge in [0.15, 0.2) is 0 Å². The molecule has 1 aromatic carbocycles. The quantitative estimate of drug-likeness (QED) is 0.824. The first kappa shape index (κ1) is 14.9. The van der Waals surface area contributed by atoms with E-state index < -0.39 is 0 Å². The Morgan fingerprint density at radius 1 is 1.39 bits per heavy atom. The van der Waals surface area contributed by atoms with Gasteiger partial charge in [0.05, 0.1) is 7.11 Å². The van der Waals surface area contributed by atoms with Crippen molar-refractivity contribution in [3.63, 3.8) is 0 Å².